The smallest absolute Gasteiger partial charge is 0.312 e. The molecule has 0 bridgehead atoms. The first-order chi connectivity index (χ1) is 13.6. The van der Waals surface area contributed by atoms with Gasteiger partial charge in [-0.2, -0.15) is 0 Å². The first kappa shape index (κ1) is 18.2. The number of hydrogen-bond donors (Lipinski definition) is 1. The summed E-state index contributed by atoms with van der Waals surface area (Å²) >= 11 is 0. The van der Waals surface area contributed by atoms with Crippen LogP contribution in [0, 0.1) is 5.92 Å². The van der Waals surface area contributed by atoms with E-state index in [1.807, 2.05) is 30.8 Å². The number of anilines is 3. The minimum atomic E-state index is -0.121. The molecule has 146 valence electrons. The molecule has 0 spiro atoms. The fraction of sp³-hybridized carbons (Fsp3) is 0.400. The van der Waals surface area contributed by atoms with E-state index < -0.39 is 0 Å². The third kappa shape index (κ3) is 3.37. The Hall–Kier alpha value is -3.16. The SMILES string of the molecule is CCOC(=O)C1CN(c2cc(CC)c(Nc3cc4c(cn3)ncn4C)cn2)C1. The number of carbonyl (C=O) groups excluding carboxylic acids is 1. The maximum Gasteiger partial charge on any atom is 0.312 e. The van der Waals surface area contributed by atoms with Gasteiger partial charge < -0.3 is 19.5 Å². The third-order valence-corrected chi connectivity index (χ3v) is 5.06. The van der Waals surface area contributed by atoms with Gasteiger partial charge in [0, 0.05) is 26.2 Å². The number of carbonyl (C=O) groups is 1. The van der Waals surface area contributed by atoms with E-state index in [0.717, 1.165) is 40.3 Å². The van der Waals surface area contributed by atoms with Gasteiger partial charge in [0.15, 0.2) is 0 Å². The zero-order valence-electron chi connectivity index (χ0n) is 16.3. The lowest BCUT2D eigenvalue weighted by atomic mass is 10.00. The molecule has 1 aliphatic rings. The highest BCUT2D eigenvalue weighted by Gasteiger charge is 2.34. The minimum absolute atomic E-state index is 0.0561. The Labute approximate surface area is 163 Å². The number of imidazole rings is 1. The fourth-order valence-electron chi connectivity index (χ4n) is 3.37. The molecule has 4 heterocycles. The van der Waals surface area contributed by atoms with Crippen LogP contribution < -0.4 is 10.2 Å². The van der Waals surface area contributed by atoms with E-state index in [9.17, 15) is 4.79 Å². The molecule has 0 amide bonds. The van der Waals surface area contributed by atoms with Crippen LogP contribution in [0.25, 0.3) is 11.0 Å². The molecule has 1 fully saturated rings. The van der Waals surface area contributed by atoms with Gasteiger partial charge in [-0.05, 0) is 25.0 Å². The molecule has 1 aliphatic heterocycles. The van der Waals surface area contributed by atoms with E-state index in [1.165, 1.54) is 0 Å². The summed E-state index contributed by atoms with van der Waals surface area (Å²) in [6.45, 7) is 5.67. The van der Waals surface area contributed by atoms with Crippen molar-refractivity contribution in [1.82, 2.24) is 19.5 Å². The van der Waals surface area contributed by atoms with Crippen molar-refractivity contribution in [2.24, 2.45) is 13.0 Å². The lowest BCUT2D eigenvalue weighted by Gasteiger charge is -2.38. The summed E-state index contributed by atoms with van der Waals surface area (Å²) in [7, 11) is 1.96. The number of rotatable bonds is 6. The summed E-state index contributed by atoms with van der Waals surface area (Å²) in [5.41, 5.74) is 3.97. The topological polar surface area (TPSA) is 85.2 Å². The van der Waals surface area contributed by atoms with Crippen molar-refractivity contribution in [3.8, 4) is 0 Å². The van der Waals surface area contributed by atoms with Gasteiger partial charge in [-0.25, -0.2) is 15.0 Å². The average molecular weight is 380 g/mol. The van der Waals surface area contributed by atoms with Gasteiger partial charge in [0.2, 0.25) is 0 Å². The van der Waals surface area contributed by atoms with E-state index >= 15 is 0 Å². The molecule has 1 saturated heterocycles. The summed E-state index contributed by atoms with van der Waals surface area (Å²) in [5, 5.41) is 3.37. The van der Waals surface area contributed by atoms with Crippen molar-refractivity contribution in [2.75, 3.05) is 29.9 Å². The molecular formula is C20H24N6O2. The monoisotopic (exact) mass is 380 g/mol. The molecular weight excluding hydrogens is 356 g/mol. The molecule has 3 aromatic heterocycles. The van der Waals surface area contributed by atoms with Gasteiger partial charge in [0.1, 0.15) is 17.2 Å². The molecule has 1 N–H and O–H groups in total. The zero-order chi connectivity index (χ0) is 19.7. The van der Waals surface area contributed by atoms with Crippen LogP contribution >= 0.6 is 0 Å². The van der Waals surface area contributed by atoms with Crippen molar-refractivity contribution in [2.45, 2.75) is 20.3 Å². The summed E-state index contributed by atoms with van der Waals surface area (Å²) in [4.78, 5) is 27.2. The lowest BCUT2D eigenvalue weighted by molar-refractivity contribution is -0.148. The van der Waals surface area contributed by atoms with Crippen molar-refractivity contribution < 1.29 is 9.53 Å². The van der Waals surface area contributed by atoms with Gasteiger partial charge in [0.25, 0.3) is 0 Å². The van der Waals surface area contributed by atoms with E-state index in [1.54, 1.807) is 12.5 Å². The molecule has 0 aromatic carbocycles. The van der Waals surface area contributed by atoms with Crippen molar-refractivity contribution in [1.29, 1.82) is 0 Å². The van der Waals surface area contributed by atoms with Crippen molar-refractivity contribution >= 4 is 34.3 Å². The Morgan fingerprint density at radius 3 is 2.79 bits per heavy atom. The second-order valence-electron chi connectivity index (χ2n) is 6.95. The highest BCUT2D eigenvalue weighted by molar-refractivity contribution is 5.79. The Kier molecular flexibility index (Phi) is 4.85. The fourth-order valence-corrected chi connectivity index (χ4v) is 3.37. The summed E-state index contributed by atoms with van der Waals surface area (Å²) in [6.07, 6.45) is 6.24. The molecule has 3 aromatic rings. The first-order valence-corrected chi connectivity index (χ1v) is 9.53. The highest BCUT2D eigenvalue weighted by atomic mass is 16.5. The average Bonchev–Trinajstić information content (AvgIpc) is 3.02. The van der Waals surface area contributed by atoms with Crippen molar-refractivity contribution in [3.05, 3.63) is 36.4 Å². The Bertz CT molecular complexity index is 1010. The van der Waals surface area contributed by atoms with Gasteiger partial charge in [0.05, 0.1) is 42.4 Å². The molecule has 8 nitrogen and oxygen atoms in total. The quantitative estimate of drug-likeness (QED) is 0.658. The summed E-state index contributed by atoms with van der Waals surface area (Å²) < 4.78 is 7.05. The number of pyridine rings is 2. The molecule has 4 rings (SSSR count). The Morgan fingerprint density at radius 1 is 1.21 bits per heavy atom. The maximum atomic E-state index is 11.8. The van der Waals surface area contributed by atoms with Crippen LogP contribution in [0.4, 0.5) is 17.3 Å². The molecule has 0 atom stereocenters. The summed E-state index contributed by atoms with van der Waals surface area (Å²) in [5.74, 6) is 1.47. The predicted molar refractivity (Wildman–Crippen MR) is 108 cm³/mol. The van der Waals surface area contributed by atoms with Crippen LogP contribution in [-0.2, 0) is 23.0 Å². The number of ether oxygens (including phenoxy) is 1. The van der Waals surface area contributed by atoms with Crippen molar-refractivity contribution in [3.63, 3.8) is 0 Å². The van der Waals surface area contributed by atoms with Crippen LogP contribution in [0.2, 0.25) is 0 Å². The number of aryl methyl sites for hydroxylation is 2. The Balaban J connectivity index is 1.49. The molecule has 0 unspecified atom stereocenters. The third-order valence-electron chi connectivity index (χ3n) is 5.06. The van der Waals surface area contributed by atoms with Gasteiger partial charge in [-0.15, -0.1) is 0 Å². The normalized spacial score (nSPS) is 14.2. The Morgan fingerprint density at radius 2 is 2.04 bits per heavy atom. The van der Waals surface area contributed by atoms with Crippen LogP contribution in [-0.4, -0.2) is 45.2 Å². The number of aromatic nitrogens is 4. The summed E-state index contributed by atoms with van der Waals surface area (Å²) in [6, 6.07) is 4.06. The zero-order valence-corrected chi connectivity index (χ0v) is 16.3. The number of nitrogens with one attached hydrogen (secondary N) is 1. The van der Waals surface area contributed by atoms with E-state index in [-0.39, 0.29) is 11.9 Å². The largest absolute Gasteiger partial charge is 0.466 e. The lowest BCUT2D eigenvalue weighted by Crippen LogP contribution is -2.51. The van der Waals surface area contributed by atoms with Crippen LogP contribution in [0.5, 0.6) is 0 Å². The van der Waals surface area contributed by atoms with Gasteiger partial charge in [-0.1, -0.05) is 6.92 Å². The second-order valence-corrected chi connectivity index (χ2v) is 6.95. The van der Waals surface area contributed by atoms with E-state index in [4.69, 9.17) is 4.74 Å². The number of hydrogen-bond acceptors (Lipinski definition) is 7. The van der Waals surface area contributed by atoms with Crippen LogP contribution in [0.1, 0.15) is 19.4 Å². The van der Waals surface area contributed by atoms with E-state index in [2.05, 4.69) is 38.2 Å². The number of esters is 1. The standard InChI is InChI=1S/C20H24N6O2/c1-4-13-6-19(26-10-14(11-26)20(27)28-5-2)22-8-15(13)24-18-7-17-16(9-21-18)23-12-25(17)3/h6-9,12,14H,4-5,10-11H2,1-3H3,(H,21,24). The first-order valence-electron chi connectivity index (χ1n) is 9.53. The predicted octanol–water partition coefficient (Wildman–Crippen LogP) is 2.67. The molecule has 0 aliphatic carbocycles. The van der Waals surface area contributed by atoms with Gasteiger partial charge >= 0.3 is 5.97 Å². The van der Waals surface area contributed by atoms with E-state index in [0.29, 0.717) is 19.7 Å². The van der Waals surface area contributed by atoms with Crippen LogP contribution in [0.15, 0.2) is 30.9 Å². The maximum absolute atomic E-state index is 11.8. The minimum Gasteiger partial charge on any atom is -0.466 e. The number of fused-ring (bicyclic) bond motifs is 1. The molecule has 8 heteroatoms. The molecule has 0 saturated carbocycles. The van der Waals surface area contributed by atoms with Crippen LogP contribution in [0.3, 0.4) is 0 Å². The molecule has 0 radical (unpaired) electrons. The van der Waals surface area contributed by atoms with Gasteiger partial charge in [-0.3, -0.25) is 4.79 Å². The highest BCUT2D eigenvalue weighted by Crippen LogP contribution is 2.29. The second kappa shape index (κ2) is 7.46. The number of nitrogens with zero attached hydrogens (tertiary/aromatic N) is 5. The molecule has 28 heavy (non-hydrogen) atoms.